The molecule has 1 aromatic carbocycles. The van der Waals surface area contributed by atoms with E-state index in [0.717, 1.165) is 19.8 Å². The van der Waals surface area contributed by atoms with E-state index in [1.807, 2.05) is 12.1 Å². The number of imide groups is 1. The van der Waals surface area contributed by atoms with Gasteiger partial charge in [0.2, 0.25) is 4.96 Å². The molecule has 0 unspecified atom stereocenters. The van der Waals surface area contributed by atoms with Crippen LogP contribution in [-0.4, -0.2) is 26.4 Å². The molecular formula is C14H7IN4O3S. The van der Waals surface area contributed by atoms with Gasteiger partial charge in [-0.25, -0.2) is 9.30 Å². The minimum atomic E-state index is -0.521. The molecule has 2 aromatic heterocycles. The molecule has 4 rings (SSSR count). The molecule has 0 spiro atoms. The summed E-state index contributed by atoms with van der Waals surface area (Å²) in [7, 11) is 0. The highest BCUT2D eigenvalue weighted by Crippen LogP contribution is 2.33. The fourth-order valence-electron chi connectivity index (χ4n) is 2.42. The van der Waals surface area contributed by atoms with Gasteiger partial charge in [0.25, 0.3) is 17.4 Å². The van der Waals surface area contributed by atoms with Crippen LogP contribution in [-0.2, 0) is 0 Å². The molecule has 3 heterocycles. The number of anilines is 1. The van der Waals surface area contributed by atoms with Crippen molar-refractivity contribution in [1.82, 2.24) is 14.6 Å². The first-order chi connectivity index (χ1) is 11.0. The number of carbonyl (C=O) groups is 2. The van der Waals surface area contributed by atoms with Crippen LogP contribution in [0.1, 0.15) is 25.9 Å². The van der Waals surface area contributed by atoms with Crippen LogP contribution < -0.4 is 10.5 Å². The number of nitrogens with zero attached hydrogens (tertiary/aromatic N) is 4. The zero-order valence-electron chi connectivity index (χ0n) is 11.6. The lowest BCUT2D eigenvalue weighted by Crippen LogP contribution is -2.31. The van der Waals surface area contributed by atoms with Gasteiger partial charge >= 0.3 is 0 Å². The highest BCUT2D eigenvalue weighted by molar-refractivity contribution is 14.1. The maximum Gasteiger partial charge on any atom is 0.284 e. The second-order valence-corrected chi connectivity index (χ2v) is 7.13. The van der Waals surface area contributed by atoms with Crippen LogP contribution >= 0.6 is 33.9 Å². The van der Waals surface area contributed by atoms with Gasteiger partial charge in [-0.3, -0.25) is 14.4 Å². The van der Waals surface area contributed by atoms with Crippen molar-refractivity contribution in [2.24, 2.45) is 0 Å². The molecule has 7 nitrogen and oxygen atoms in total. The number of fused-ring (bicyclic) bond motifs is 3. The number of aryl methyl sites for hydroxylation is 1. The van der Waals surface area contributed by atoms with Gasteiger partial charge in [0, 0.05) is 3.57 Å². The summed E-state index contributed by atoms with van der Waals surface area (Å²) in [5.74, 6) is -0.967. The highest BCUT2D eigenvalue weighted by Gasteiger charge is 2.41. The maximum atomic E-state index is 12.7. The minimum Gasteiger partial charge on any atom is -0.267 e. The van der Waals surface area contributed by atoms with Crippen molar-refractivity contribution in [3.05, 3.63) is 54.5 Å². The number of hydrogen-bond acceptors (Lipinski definition) is 6. The summed E-state index contributed by atoms with van der Waals surface area (Å²) in [5, 5.41) is 7.64. The van der Waals surface area contributed by atoms with E-state index < -0.39 is 17.4 Å². The Morgan fingerprint density at radius 2 is 1.74 bits per heavy atom. The van der Waals surface area contributed by atoms with E-state index in [1.54, 1.807) is 12.1 Å². The molecule has 0 bridgehead atoms. The highest BCUT2D eigenvalue weighted by atomic mass is 127. The summed E-state index contributed by atoms with van der Waals surface area (Å²) in [6, 6.07) is 7.01. The van der Waals surface area contributed by atoms with Crippen molar-refractivity contribution in [3.8, 4) is 0 Å². The first-order valence-corrected chi connectivity index (χ1v) is 8.42. The van der Waals surface area contributed by atoms with Gasteiger partial charge in [-0.2, -0.15) is 0 Å². The normalized spacial score (nSPS) is 13.9. The Bertz CT molecular complexity index is 1050. The average molecular weight is 438 g/mol. The van der Waals surface area contributed by atoms with Crippen LogP contribution in [0.4, 0.5) is 5.69 Å². The van der Waals surface area contributed by atoms with Crippen LogP contribution in [0.25, 0.3) is 4.96 Å². The summed E-state index contributed by atoms with van der Waals surface area (Å²) in [6.07, 6.45) is 0. The number of benzene rings is 1. The molecule has 1 aliphatic heterocycles. The van der Waals surface area contributed by atoms with E-state index in [0.29, 0.717) is 5.69 Å². The number of halogens is 1. The summed E-state index contributed by atoms with van der Waals surface area (Å²) in [6.45, 7) is 1.52. The summed E-state index contributed by atoms with van der Waals surface area (Å²) in [5.41, 5.74) is 0.287. The van der Waals surface area contributed by atoms with Crippen LogP contribution in [0.5, 0.6) is 0 Å². The molecular weight excluding hydrogens is 431 g/mol. The van der Waals surface area contributed by atoms with E-state index in [-0.39, 0.29) is 21.2 Å². The lowest BCUT2D eigenvalue weighted by atomic mass is 10.3. The molecule has 0 aliphatic carbocycles. The maximum absolute atomic E-state index is 12.7. The first kappa shape index (κ1) is 14.5. The van der Waals surface area contributed by atoms with Crippen molar-refractivity contribution in [1.29, 1.82) is 0 Å². The number of amides is 2. The van der Waals surface area contributed by atoms with Crippen LogP contribution in [0.2, 0.25) is 0 Å². The fourth-order valence-corrected chi connectivity index (χ4v) is 3.76. The van der Waals surface area contributed by atoms with Crippen molar-refractivity contribution in [3.63, 3.8) is 0 Å². The molecule has 9 heteroatoms. The largest absolute Gasteiger partial charge is 0.284 e. The topological polar surface area (TPSA) is 84.6 Å². The Kier molecular flexibility index (Phi) is 3.10. The van der Waals surface area contributed by atoms with Gasteiger partial charge < -0.3 is 0 Å². The zero-order valence-corrected chi connectivity index (χ0v) is 14.6. The molecule has 0 saturated carbocycles. The van der Waals surface area contributed by atoms with Crippen LogP contribution in [0.15, 0.2) is 29.1 Å². The van der Waals surface area contributed by atoms with Gasteiger partial charge in [0.1, 0.15) is 16.3 Å². The van der Waals surface area contributed by atoms with Crippen molar-refractivity contribution >= 4 is 56.4 Å². The molecule has 3 aromatic rings. The monoisotopic (exact) mass is 438 g/mol. The third kappa shape index (κ3) is 1.96. The Morgan fingerprint density at radius 1 is 1.04 bits per heavy atom. The van der Waals surface area contributed by atoms with Gasteiger partial charge in [-0.05, 0) is 53.8 Å². The fraction of sp³-hybridized carbons (Fsp3) is 0.0714. The van der Waals surface area contributed by atoms with Gasteiger partial charge in [0.05, 0.1) is 5.69 Å². The summed E-state index contributed by atoms with van der Waals surface area (Å²) in [4.78, 5) is 39.2. The number of aromatic nitrogens is 3. The second-order valence-electron chi connectivity index (χ2n) is 4.91. The summed E-state index contributed by atoms with van der Waals surface area (Å²) >= 11 is 3.14. The molecule has 0 fully saturated rings. The first-order valence-electron chi connectivity index (χ1n) is 6.52. The van der Waals surface area contributed by atoms with E-state index >= 15 is 0 Å². The quantitative estimate of drug-likeness (QED) is 0.428. The summed E-state index contributed by atoms with van der Waals surface area (Å²) < 4.78 is 2.17. The van der Waals surface area contributed by atoms with Crippen LogP contribution in [0, 0.1) is 10.5 Å². The third-order valence-electron chi connectivity index (χ3n) is 3.51. The Balaban J connectivity index is 1.95. The predicted molar refractivity (Wildman–Crippen MR) is 92.2 cm³/mol. The Morgan fingerprint density at radius 3 is 2.43 bits per heavy atom. The number of carbonyl (C=O) groups excluding carboxylic acids is 2. The number of rotatable bonds is 1. The van der Waals surface area contributed by atoms with Crippen LogP contribution in [0.3, 0.4) is 0 Å². The number of thiazole rings is 1. The second kappa shape index (κ2) is 4.93. The smallest absolute Gasteiger partial charge is 0.267 e. The van der Waals surface area contributed by atoms with E-state index in [9.17, 15) is 14.4 Å². The van der Waals surface area contributed by atoms with E-state index in [1.165, 1.54) is 11.3 Å². The van der Waals surface area contributed by atoms with Gasteiger partial charge in [-0.1, -0.05) is 11.3 Å². The van der Waals surface area contributed by atoms with Gasteiger partial charge in [0.15, 0.2) is 0 Å². The average Bonchev–Trinajstić information content (AvgIpc) is 3.02. The molecule has 0 atom stereocenters. The van der Waals surface area contributed by atoms with Gasteiger partial charge in [-0.15, -0.1) is 10.2 Å². The minimum absolute atomic E-state index is 0.0663. The van der Waals surface area contributed by atoms with E-state index in [4.69, 9.17) is 0 Å². The van der Waals surface area contributed by atoms with Crippen molar-refractivity contribution in [2.45, 2.75) is 6.92 Å². The standard InChI is InChI=1S/C14H7IN4O3S/c1-6-11(20)19-9-10(23-14(19)17-16-6)13(22)18(12(9)21)8-4-2-7(15)3-5-8/h2-5H,1H3. The lowest BCUT2D eigenvalue weighted by Gasteiger charge is -2.14. The third-order valence-corrected chi connectivity index (χ3v) is 5.25. The lowest BCUT2D eigenvalue weighted by molar-refractivity contribution is 0.0925. The molecule has 0 saturated heterocycles. The van der Waals surface area contributed by atoms with Crippen molar-refractivity contribution < 1.29 is 9.59 Å². The van der Waals surface area contributed by atoms with E-state index in [2.05, 4.69) is 32.8 Å². The molecule has 114 valence electrons. The molecule has 0 radical (unpaired) electrons. The Hall–Kier alpha value is -2.14. The van der Waals surface area contributed by atoms with Crippen molar-refractivity contribution in [2.75, 3.05) is 4.90 Å². The predicted octanol–water partition coefficient (Wildman–Crippen LogP) is 1.86. The molecule has 23 heavy (non-hydrogen) atoms. The zero-order chi connectivity index (χ0) is 16.3. The molecule has 2 amide bonds. The SMILES string of the molecule is Cc1nnc2sc3c(n2c1=O)C(=O)N(c1ccc(I)cc1)C3=O. The number of hydrogen-bond donors (Lipinski definition) is 0. The molecule has 0 N–H and O–H groups in total. The Labute approximate surface area is 146 Å². The molecule has 1 aliphatic rings.